The van der Waals surface area contributed by atoms with Gasteiger partial charge in [-0.2, -0.15) is 0 Å². The predicted molar refractivity (Wildman–Crippen MR) is 115 cm³/mol. The number of aliphatic hydroxyl groups is 2. The van der Waals surface area contributed by atoms with Crippen molar-refractivity contribution in [1.82, 2.24) is 4.90 Å². The molecule has 0 aliphatic carbocycles. The normalized spacial score (nSPS) is 21.5. The Morgan fingerprint density at radius 3 is 2.60 bits per heavy atom. The minimum absolute atomic E-state index is 0.0248. The summed E-state index contributed by atoms with van der Waals surface area (Å²) in [5, 5.41) is 24.1. The minimum Gasteiger partial charge on any atom is -0.487 e. The van der Waals surface area contributed by atoms with Crippen molar-refractivity contribution in [3.05, 3.63) is 59.7 Å². The monoisotopic (exact) mass is 410 g/mol. The number of likely N-dealkylation sites (tertiary alicyclic amines) is 1. The molecule has 3 N–H and O–H groups in total. The fourth-order valence-electron chi connectivity index (χ4n) is 4.42. The van der Waals surface area contributed by atoms with Crippen LogP contribution in [0.5, 0.6) is 5.75 Å². The van der Waals surface area contributed by atoms with Crippen LogP contribution in [0.3, 0.4) is 0 Å². The van der Waals surface area contributed by atoms with Crippen LogP contribution in [-0.2, 0) is 4.79 Å². The molecule has 2 aromatic rings. The number of ether oxygens (including phenoxy) is 1. The molecule has 1 saturated heterocycles. The highest BCUT2D eigenvalue weighted by atomic mass is 16.5. The van der Waals surface area contributed by atoms with Gasteiger partial charge < -0.3 is 25.2 Å². The third-order valence-electron chi connectivity index (χ3n) is 6.27. The molecule has 2 heterocycles. The van der Waals surface area contributed by atoms with Crippen LogP contribution < -0.4 is 10.1 Å². The SMILES string of the molecule is CCC(=O)Nc1ccc([C@@H](O)CN2CCC3(CC2)C[C@@H](O)c2ccccc2O3)cc1. The first-order chi connectivity index (χ1) is 14.5. The van der Waals surface area contributed by atoms with Crippen molar-refractivity contribution in [3.63, 3.8) is 0 Å². The maximum absolute atomic E-state index is 11.5. The molecule has 0 unspecified atom stereocenters. The molecule has 0 aromatic heterocycles. The van der Waals surface area contributed by atoms with Crippen molar-refractivity contribution in [2.24, 2.45) is 0 Å². The van der Waals surface area contributed by atoms with E-state index in [9.17, 15) is 15.0 Å². The van der Waals surface area contributed by atoms with Gasteiger partial charge in [-0.25, -0.2) is 0 Å². The lowest BCUT2D eigenvalue weighted by atomic mass is 9.81. The fourth-order valence-corrected chi connectivity index (χ4v) is 4.42. The number of nitrogens with one attached hydrogen (secondary N) is 1. The number of nitrogens with zero attached hydrogens (tertiary/aromatic N) is 1. The molecule has 0 saturated carbocycles. The molecule has 0 radical (unpaired) electrons. The summed E-state index contributed by atoms with van der Waals surface area (Å²) >= 11 is 0. The van der Waals surface area contributed by atoms with E-state index in [0.29, 0.717) is 19.4 Å². The fraction of sp³-hybridized carbons (Fsp3) is 0.458. The number of carbonyl (C=O) groups is 1. The Kier molecular flexibility index (Phi) is 6.09. The Labute approximate surface area is 177 Å². The summed E-state index contributed by atoms with van der Waals surface area (Å²) in [6.07, 6.45) is 1.63. The van der Waals surface area contributed by atoms with Gasteiger partial charge in [0.15, 0.2) is 0 Å². The van der Waals surface area contributed by atoms with Crippen LogP contribution in [0.25, 0.3) is 0 Å². The number of amides is 1. The Bertz CT molecular complexity index is 875. The first-order valence-corrected chi connectivity index (χ1v) is 10.7. The maximum atomic E-state index is 11.5. The highest BCUT2D eigenvalue weighted by Gasteiger charge is 2.42. The lowest BCUT2D eigenvalue weighted by molar-refractivity contribution is -0.115. The van der Waals surface area contributed by atoms with E-state index in [0.717, 1.165) is 48.5 Å². The van der Waals surface area contributed by atoms with Gasteiger partial charge in [-0.1, -0.05) is 37.3 Å². The molecule has 2 aromatic carbocycles. The summed E-state index contributed by atoms with van der Waals surface area (Å²) in [7, 11) is 0. The van der Waals surface area contributed by atoms with E-state index in [1.807, 2.05) is 55.5 Å². The number of β-amino-alcohol motifs (C(OH)–C–C–N with tert-alkyl or cyclic N) is 1. The topological polar surface area (TPSA) is 82.0 Å². The zero-order valence-electron chi connectivity index (χ0n) is 17.4. The summed E-state index contributed by atoms with van der Waals surface area (Å²) in [4.78, 5) is 13.7. The maximum Gasteiger partial charge on any atom is 0.224 e. The largest absolute Gasteiger partial charge is 0.487 e. The molecule has 2 aliphatic heterocycles. The number of hydrogen-bond acceptors (Lipinski definition) is 5. The van der Waals surface area contributed by atoms with E-state index in [1.165, 1.54) is 0 Å². The number of hydrogen-bond donors (Lipinski definition) is 3. The summed E-state index contributed by atoms with van der Waals surface area (Å²) in [5.41, 5.74) is 2.13. The van der Waals surface area contributed by atoms with Crippen LogP contribution in [0, 0.1) is 0 Å². The molecular formula is C24H30N2O4. The number of anilines is 1. The van der Waals surface area contributed by atoms with Crippen molar-refractivity contribution in [2.45, 2.75) is 50.4 Å². The first-order valence-electron chi connectivity index (χ1n) is 10.7. The van der Waals surface area contributed by atoms with E-state index in [2.05, 4.69) is 10.2 Å². The summed E-state index contributed by atoms with van der Waals surface area (Å²) in [6, 6.07) is 15.1. The molecule has 0 bridgehead atoms. The van der Waals surface area contributed by atoms with Crippen molar-refractivity contribution < 1.29 is 19.7 Å². The van der Waals surface area contributed by atoms with Crippen LogP contribution in [0.15, 0.2) is 48.5 Å². The van der Waals surface area contributed by atoms with Crippen molar-refractivity contribution >= 4 is 11.6 Å². The van der Waals surface area contributed by atoms with Crippen LogP contribution in [0.1, 0.15) is 55.9 Å². The van der Waals surface area contributed by atoms with Gasteiger partial charge in [0.25, 0.3) is 0 Å². The molecule has 30 heavy (non-hydrogen) atoms. The van der Waals surface area contributed by atoms with E-state index in [4.69, 9.17) is 4.74 Å². The van der Waals surface area contributed by atoms with E-state index < -0.39 is 12.2 Å². The van der Waals surface area contributed by atoms with Crippen LogP contribution >= 0.6 is 0 Å². The highest BCUT2D eigenvalue weighted by molar-refractivity contribution is 5.90. The lowest BCUT2D eigenvalue weighted by Gasteiger charge is -2.46. The summed E-state index contributed by atoms with van der Waals surface area (Å²) in [5.74, 6) is 0.767. The number of aliphatic hydroxyl groups excluding tert-OH is 2. The zero-order valence-corrected chi connectivity index (χ0v) is 17.4. The Hall–Kier alpha value is -2.41. The third kappa shape index (κ3) is 4.51. The molecule has 6 heteroatoms. The molecule has 4 rings (SSSR count). The van der Waals surface area contributed by atoms with Crippen molar-refractivity contribution in [1.29, 1.82) is 0 Å². The van der Waals surface area contributed by atoms with Crippen molar-refractivity contribution in [2.75, 3.05) is 25.0 Å². The second-order valence-corrected chi connectivity index (χ2v) is 8.38. The standard InChI is InChI=1S/C24H30N2O4/c1-2-23(29)25-18-9-7-17(8-10-18)21(28)16-26-13-11-24(12-14-26)15-20(27)19-5-3-4-6-22(19)30-24/h3-10,20-21,27-28H,2,11-16H2,1H3,(H,25,29)/t20-,21+/m1/s1. The van der Waals surface area contributed by atoms with Gasteiger partial charge in [0.1, 0.15) is 11.4 Å². The molecule has 2 aliphatic rings. The molecule has 160 valence electrons. The van der Waals surface area contributed by atoms with Gasteiger partial charge in [0, 0.05) is 43.7 Å². The summed E-state index contributed by atoms with van der Waals surface area (Å²) in [6.45, 7) is 4.00. The van der Waals surface area contributed by atoms with Crippen LogP contribution in [0.2, 0.25) is 0 Å². The number of rotatable bonds is 5. The number of fused-ring (bicyclic) bond motifs is 1. The van der Waals surface area contributed by atoms with Gasteiger partial charge in [-0.05, 0) is 36.6 Å². The zero-order chi connectivity index (χ0) is 21.1. The Morgan fingerprint density at radius 1 is 1.20 bits per heavy atom. The van der Waals surface area contributed by atoms with Gasteiger partial charge in [-0.3, -0.25) is 4.79 Å². The third-order valence-corrected chi connectivity index (χ3v) is 6.27. The van der Waals surface area contributed by atoms with Crippen LogP contribution in [0.4, 0.5) is 5.69 Å². The molecule has 1 amide bonds. The second-order valence-electron chi connectivity index (χ2n) is 8.38. The number of benzene rings is 2. The van der Waals surface area contributed by atoms with E-state index in [1.54, 1.807) is 0 Å². The van der Waals surface area contributed by atoms with Crippen LogP contribution in [-0.4, -0.2) is 46.3 Å². The molecular weight excluding hydrogens is 380 g/mol. The Morgan fingerprint density at radius 2 is 1.90 bits per heavy atom. The van der Waals surface area contributed by atoms with Gasteiger partial charge in [-0.15, -0.1) is 0 Å². The van der Waals surface area contributed by atoms with E-state index in [-0.39, 0.29) is 11.5 Å². The molecule has 1 spiro atoms. The first kappa shape index (κ1) is 20.8. The average Bonchev–Trinajstić information content (AvgIpc) is 2.76. The average molecular weight is 411 g/mol. The molecule has 6 nitrogen and oxygen atoms in total. The highest BCUT2D eigenvalue weighted by Crippen LogP contribution is 2.44. The quantitative estimate of drug-likeness (QED) is 0.704. The number of piperidine rings is 1. The lowest BCUT2D eigenvalue weighted by Crippen LogP contribution is -2.51. The molecule has 1 fully saturated rings. The van der Waals surface area contributed by atoms with E-state index >= 15 is 0 Å². The minimum atomic E-state index is -0.589. The van der Waals surface area contributed by atoms with Gasteiger partial charge in [0.05, 0.1) is 12.2 Å². The summed E-state index contributed by atoms with van der Waals surface area (Å²) < 4.78 is 6.34. The second kappa shape index (κ2) is 8.76. The number of carbonyl (C=O) groups excluding carboxylic acids is 1. The van der Waals surface area contributed by atoms with Gasteiger partial charge >= 0.3 is 0 Å². The van der Waals surface area contributed by atoms with Crippen molar-refractivity contribution in [3.8, 4) is 5.75 Å². The smallest absolute Gasteiger partial charge is 0.224 e. The van der Waals surface area contributed by atoms with Gasteiger partial charge in [0.2, 0.25) is 5.91 Å². The number of para-hydroxylation sites is 1. The molecule has 2 atom stereocenters. The Balaban J connectivity index is 1.32. The predicted octanol–water partition coefficient (Wildman–Crippen LogP) is 3.42.